The highest BCUT2D eigenvalue weighted by Crippen LogP contribution is 2.37. The van der Waals surface area contributed by atoms with Crippen molar-refractivity contribution >= 4 is 27.5 Å². The molecule has 0 saturated carbocycles. The maximum Gasteiger partial charge on any atom is 0.261 e. The number of alkyl halides is 1. The van der Waals surface area contributed by atoms with Gasteiger partial charge in [0, 0.05) is 23.2 Å². The Hall–Kier alpha value is -4.12. The number of halogens is 1. The van der Waals surface area contributed by atoms with E-state index < -0.39 is 27.5 Å². The Morgan fingerprint density at radius 2 is 1.75 bits per heavy atom. The molecule has 0 radical (unpaired) electrons. The summed E-state index contributed by atoms with van der Waals surface area (Å²) < 4.78 is 43.5. The number of phenols is 1. The van der Waals surface area contributed by atoms with Crippen molar-refractivity contribution in [3.05, 3.63) is 89.5 Å². The van der Waals surface area contributed by atoms with Crippen molar-refractivity contribution in [1.29, 1.82) is 0 Å². The molecule has 1 amide bonds. The minimum atomic E-state index is -3.99. The Labute approximate surface area is 208 Å². The van der Waals surface area contributed by atoms with Crippen LogP contribution in [0.15, 0.2) is 82.8 Å². The molecule has 3 aromatic rings. The average molecular weight is 515 g/mol. The van der Waals surface area contributed by atoms with Gasteiger partial charge in [-0.3, -0.25) is 9.52 Å². The molecular weight excluding hydrogens is 487 g/mol. The number of carbonyl (C=O) groups excluding carboxylic acids is 1. The number of phenolic OH excluding ortho intramolecular Hbond substituents is 1. The van der Waals surface area contributed by atoms with Crippen LogP contribution in [0.2, 0.25) is 0 Å². The lowest BCUT2D eigenvalue weighted by atomic mass is 9.83. The minimum absolute atomic E-state index is 0.0378. The Morgan fingerprint density at radius 1 is 1.08 bits per heavy atom. The topological polar surface area (TPSA) is 154 Å². The standard InChI is InChI=1S/C25H27FN4O5S/c1-25(2,15-28-24(32)20-8-3-4-9-21(20)31)22(26)17-6-5-7-18(14-17)30-36(34,35)19-12-10-16(11-13-19)23(27)29-33/h3-14,22,30-31,33H,15H2,1-2H3,(H2,27,29)(H,28,32). The normalized spacial score (nSPS) is 13.1. The first kappa shape index (κ1) is 26.5. The van der Waals surface area contributed by atoms with Gasteiger partial charge in [-0.25, -0.2) is 12.8 Å². The molecule has 3 aromatic carbocycles. The third-order valence-corrected chi connectivity index (χ3v) is 6.94. The number of amidine groups is 1. The number of nitrogens with one attached hydrogen (secondary N) is 2. The van der Waals surface area contributed by atoms with Crippen LogP contribution in [-0.2, 0) is 10.0 Å². The third-order valence-electron chi connectivity index (χ3n) is 5.54. The molecule has 1 unspecified atom stereocenters. The van der Waals surface area contributed by atoms with E-state index >= 15 is 4.39 Å². The number of nitrogens with zero attached hydrogens (tertiary/aromatic N) is 1. The first-order valence-corrected chi connectivity index (χ1v) is 12.3. The van der Waals surface area contributed by atoms with E-state index in [0.29, 0.717) is 5.56 Å². The third kappa shape index (κ3) is 6.11. The molecule has 3 rings (SSSR count). The molecule has 0 spiro atoms. The highest BCUT2D eigenvalue weighted by Gasteiger charge is 2.32. The van der Waals surface area contributed by atoms with E-state index in [1.807, 2.05) is 0 Å². The SMILES string of the molecule is CC(C)(CNC(=O)c1ccccc1O)C(F)c1cccc(NS(=O)(=O)c2ccc(C(N)=NO)cc2)c1. The Morgan fingerprint density at radius 3 is 2.39 bits per heavy atom. The van der Waals surface area contributed by atoms with Gasteiger partial charge in [0.05, 0.1) is 10.5 Å². The lowest BCUT2D eigenvalue weighted by Crippen LogP contribution is -2.36. The molecule has 9 nitrogen and oxygen atoms in total. The van der Waals surface area contributed by atoms with Crippen LogP contribution in [0.3, 0.4) is 0 Å². The van der Waals surface area contributed by atoms with Gasteiger partial charge in [0.25, 0.3) is 15.9 Å². The summed E-state index contributed by atoms with van der Waals surface area (Å²) >= 11 is 0. The first-order chi connectivity index (χ1) is 16.9. The molecular formula is C25H27FN4O5S. The van der Waals surface area contributed by atoms with Crippen LogP contribution in [0.4, 0.5) is 10.1 Å². The number of hydrogen-bond acceptors (Lipinski definition) is 6. The van der Waals surface area contributed by atoms with Crippen LogP contribution in [-0.4, -0.2) is 37.0 Å². The number of oxime groups is 1. The molecule has 1 atom stereocenters. The Kier molecular flexibility index (Phi) is 7.83. The zero-order valence-electron chi connectivity index (χ0n) is 19.6. The van der Waals surface area contributed by atoms with Crippen LogP contribution in [0.1, 0.15) is 41.5 Å². The fraction of sp³-hybridized carbons (Fsp3) is 0.200. The zero-order chi connectivity index (χ0) is 26.5. The average Bonchev–Trinajstić information content (AvgIpc) is 2.86. The predicted molar refractivity (Wildman–Crippen MR) is 134 cm³/mol. The molecule has 0 aliphatic carbocycles. The maximum atomic E-state index is 15.5. The number of aromatic hydroxyl groups is 1. The van der Waals surface area contributed by atoms with Gasteiger partial charge < -0.3 is 21.4 Å². The molecule has 0 aliphatic rings. The number of para-hydroxylation sites is 1. The van der Waals surface area contributed by atoms with Gasteiger partial charge in [-0.05, 0) is 54.1 Å². The summed E-state index contributed by atoms with van der Waals surface area (Å²) in [6.45, 7) is 3.22. The summed E-state index contributed by atoms with van der Waals surface area (Å²) in [5.41, 5.74) is 5.25. The van der Waals surface area contributed by atoms with Crippen molar-refractivity contribution in [1.82, 2.24) is 5.32 Å². The summed E-state index contributed by atoms with van der Waals surface area (Å²) in [4.78, 5) is 12.3. The second kappa shape index (κ2) is 10.6. The van der Waals surface area contributed by atoms with Gasteiger partial charge >= 0.3 is 0 Å². The fourth-order valence-electron chi connectivity index (χ4n) is 3.45. The van der Waals surface area contributed by atoms with E-state index in [1.165, 1.54) is 60.7 Å². The van der Waals surface area contributed by atoms with Crippen LogP contribution in [0.25, 0.3) is 0 Å². The van der Waals surface area contributed by atoms with E-state index in [-0.39, 0.29) is 39.8 Å². The molecule has 0 saturated heterocycles. The molecule has 0 aliphatic heterocycles. The molecule has 11 heteroatoms. The quantitative estimate of drug-likeness (QED) is 0.127. The van der Waals surface area contributed by atoms with E-state index in [1.54, 1.807) is 26.0 Å². The smallest absolute Gasteiger partial charge is 0.261 e. The van der Waals surface area contributed by atoms with E-state index in [2.05, 4.69) is 15.2 Å². The van der Waals surface area contributed by atoms with Gasteiger partial charge in [-0.15, -0.1) is 0 Å². The summed E-state index contributed by atoms with van der Waals surface area (Å²) in [6.07, 6.45) is -1.55. The molecule has 190 valence electrons. The van der Waals surface area contributed by atoms with Crippen molar-refractivity contribution in [3.63, 3.8) is 0 Å². The first-order valence-electron chi connectivity index (χ1n) is 10.9. The lowest BCUT2D eigenvalue weighted by molar-refractivity contribution is 0.0888. The van der Waals surface area contributed by atoms with Gasteiger partial charge in [-0.1, -0.05) is 43.3 Å². The molecule has 36 heavy (non-hydrogen) atoms. The second-order valence-electron chi connectivity index (χ2n) is 8.79. The molecule has 0 heterocycles. The van der Waals surface area contributed by atoms with Crippen LogP contribution in [0.5, 0.6) is 5.75 Å². The summed E-state index contributed by atoms with van der Waals surface area (Å²) in [6, 6.07) is 17.4. The van der Waals surface area contributed by atoms with Gasteiger partial charge in [0.2, 0.25) is 0 Å². The van der Waals surface area contributed by atoms with Crippen molar-refractivity contribution < 1.29 is 27.9 Å². The van der Waals surface area contributed by atoms with Gasteiger partial charge in [-0.2, -0.15) is 0 Å². The highest BCUT2D eigenvalue weighted by atomic mass is 32.2. The number of sulfonamides is 1. The Balaban J connectivity index is 1.72. The van der Waals surface area contributed by atoms with E-state index in [9.17, 15) is 18.3 Å². The number of hydrogen-bond donors (Lipinski definition) is 5. The second-order valence-corrected chi connectivity index (χ2v) is 10.5. The molecule has 0 aromatic heterocycles. The van der Waals surface area contributed by atoms with Crippen molar-refractivity contribution in [2.75, 3.05) is 11.3 Å². The van der Waals surface area contributed by atoms with Crippen LogP contribution < -0.4 is 15.8 Å². The van der Waals surface area contributed by atoms with E-state index in [0.717, 1.165) is 0 Å². The lowest BCUT2D eigenvalue weighted by Gasteiger charge is -2.29. The Bertz CT molecular complexity index is 1380. The number of rotatable bonds is 9. The molecule has 0 bridgehead atoms. The summed E-state index contributed by atoms with van der Waals surface area (Å²) in [7, 11) is -3.99. The molecule has 6 N–H and O–H groups in total. The maximum absolute atomic E-state index is 15.5. The summed E-state index contributed by atoms with van der Waals surface area (Å²) in [5, 5.41) is 24.1. The highest BCUT2D eigenvalue weighted by molar-refractivity contribution is 7.92. The monoisotopic (exact) mass is 514 g/mol. The van der Waals surface area contributed by atoms with Gasteiger partial charge in [0.15, 0.2) is 5.84 Å². The zero-order valence-corrected chi connectivity index (χ0v) is 20.5. The number of anilines is 1. The van der Waals surface area contributed by atoms with Crippen LogP contribution in [0, 0.1) is 5.41 Å². The minimum Gasteiger partial charge on any atom is -0.507 e. The predicted octanol–water partition coefficient (Wildman–Crippen LogP) is 3.75. The van der Waals surface area contributed by atoms with Crippen molar-refractivity contribution in [3.8, 4) is 5.75 Å². The van der Waals surface area contributed by atoms with E-state index in [4.69, 9.17) is 10.9 Å². The number of benzene rings is 3. The van der Waals surface area contributed by atoms with Crippen molar-refractivity contribution in [2.24, 2.45) is 16.3 Å². The van der Waals surface area contributed by atoms with Crippen molar-refractivity contribution in [2.45, 2.75) is 24.9 Å². The number of nitrogens with two attached hydrogens (primary N) is 1. The largest absolute Gasteiger partial charge is 0.507 e. The summed E-state index contributed by atoms with van der Waals surface area (Å²) in [5.74, 6) is -0.870. The van der Waals surface area contributed by atoms with Gasteiger partial charge in [0.1, 0.15) is 11.9 Å². The number of carbonyl (C=O) groups is 1. The number of amides is 1. The fourth-order valence-corrected chi connectivity index (χ4v) is 4.50. The van der Waals surface area contributed by atoms with Crippen LogP contribution >= 0.6 is 0 Å². The molecule has 0 fully saturated rings.